The molecule has 0 radical (unpaired) electrons. The molecule has 6 rings (SSSR count). The van der Waals surface area contributed by atoms with Gasteiger partial charge >= 0.3 is 0 Å². The molecule has 0 saturated carbocycles. The zero-order valence-electron chi connectivity index (χ0n) is 26.7. The van der Waals surface area contributed by atoms with Gasteiger partial charge in [-0.1, -0.05) is 11.6 Å². The van der Waals surface area contributed by atoms with Gasteiger partial charge < -0.3 is 33.9 Å². The second kappa shape index (κ2) is 11.4. The molecule has 3 aliphatic rings. The van der Waals surface area contributed by atoms with E-state index in [9.17, 15) is 0 Å². The summed E-state index contributed by atoms with van der Waals surface area (Å²) in [5.74, 6) is 1.38. The molecule has 0 unspecified atom stereocenters. The second-order valence-electron chi connectivity index (χ2n) is 9.13. The van der Waals surface area contributed by atoms with E-state index < -0.39 is 19.8 Å². The third-order valence-electron chi connectivity index (χ3n) is 6.64. The van der Waals surface area contributed by atoms with Crippen molar-refractivity contribution in [3.63, 3.8) is 0 Å². The van der Waals surface area contributed by atoms with Gasteiger partial charge in [0, 0.05) is 61.8 Å². The molecule has 0 amide bonds. The summed E-state index contributed by atoms with van der Waals surface area (Å²) in [5, 5.41) is 3.87. The number of hydrogen-bond acceptors (Lipinski definition) is 10. The number of piperazine rings is 1. The number of nitrogens with zero attached hydrogens (tertiary/aromatic N) is 4. The number of fused-ring (bicyclic) bond motifs is 2. The Bertz CT molecular complexity index is 1520. The molecule has 2 aromatic carbocycles. The van der Waals surface area contributed by atoms with Gasteiger partial charge in [0.15, 0.2) is 11.5 Å². The van der Waals surface area contributed by atoms with Crippen molar-refractivity contribution < 1.29 is 31.9 Å². The lowest BCUT2D eigenvalue weighted by Gasteiger charge is -2.32. The van der Waals surface area contributed by atoms with Crippen LogP contribution in [0.1, 0.15) is 21.1 Å². The number of benzene rings is 2. The van der Waals surface area contributed by atoms with Gasteiger partial charge in [-0.3, -0.25) is 4.90 Å². The molecule has 1 N–H and O–H groups in total. The van der Waals surface area contributed by atoms with E-state index in [1.807, 2.05) is 0 Å². The molecule has 0 bridgehead atoms. The Labute approximate surface area is 235 Å². The van der Waals surface area contributed by atoms with Crippen molar-refractivity contribution in [2.24, 2.45) is 0 Å². The smallest absolute Gasteiger partial charge is 0.231 e. The summed E-state index contributed by atoms with van der Waals surface area (Å²) in [4.78, 5) is 12.5. The summed E-state index contributed by atoms with van der Waals surface area (Å²) >= 11 is 6.50. The number of nitrogens with one attached hydrogen (secondary N) is 1. The summed E-state index contributed by atoms with van der Waals surface area (Å²) in [5.41, 5.74) is 0.732. The molecule has 0 spiro atoms. The van der Waals surface area contributed by atoms with Crippen molar-refractivity contribution in [3.8, 4) is 23.0 Å². The molecule has 3 aliphatic heterocycles. The highest BCUT2D eigenvalue weighted by Crippen LogP contribution is 2.46. The largest absolute Gasteiger partial charge is 0.492 e. The van der Waals surface area contributed by atoms with Crippen LogP contribution >= 0.6 is 11.6 Å². The fourth-order valence-corrected chi connectivity index (χ4v) is 4.77. The summed E-state index contributed by atoms with van der Waals surface area (Å²) in [6.07, 6.45) is 0.826. The van der Waals surface area contributed by atoms with E-state index >= 15 is 0 Å². The van der Waals surface area contributed by atoms with Crippen LogP contribution in [0.15, 0.2) is 30.6 Å². The summed E-state index contributed by atoms with van der Waals surface area (Å²) in [6, 6.07) is 6.53. The van der Waals surface area contributed by atoms with E-state index in [1.165, 1.54) is 17.3 Å². The zero-order valence-corrected chi connectivity index (χ0v) is 21.4. The minimum absolute atomic E-state index is 0.0952. The second-order valence-corrected chi connectivity index (χ2v) is 9.54. The number of likely N-dealkylation sites (N-methyl/N-ethyl adjacent to an activating group) is 1. The maximum Gasteiger partial charge on any atom is 0.231 e. The molecule has 10 nitrogen and oxygen atoms in total. The van der Waals surface area contributed by atoms with Crippen LogP contribution < -0.4 is 24.3 Å². The number of hydrogen-bond donors (Lipinski definition) is 1. The van der Waals surface area contributed by atoms with Gasteiger partial charge in [-0.25, -0.2) is 9.97 Å². The molecule has 2 saturated heterocycles. The number of aromatic nitrogens is 2. The van der Waals surface area contributed by atoms with E-state index in [0.717, 1.165) is 0 Å². The third kappa shape index (κ3) is 5.54. The maximum absolute atomic E-state index is 8.95. The lowest BCUT2D eigenvalue weighted by atomic mass is 10.1. The Balaban J connectivity index is 1.27. The van der Waals surface area contributed by atoms with Crippen molar-refractivity contribution in [2.45, 2.75) is 18.9 Å². The zero-order chi connectivity index (χ0) is 31.1. The first-order valence-electron chi connectivity index (χ1n) is 15.5. The first-order chi connectivity index (χ1) is 20.9. The quantitative estimate of drug-likeness (QED) is 0.447. The van der Waals surface area contributed by atoms with Crippen molar-refractivity contribution >= 4 is 34.0 Å². The third-order valence-corrected chi connectivity index (χ3v) is 6.95. The molecule has 2 fully saturated rings. The lowest BCUT2D eigenvalue weighted by molar-refractivity contribution is 0.0261. The number of halogens is 1. The van der Waals surface area contributed by atoms with Crippen molar-refractivity contribution in [1.29, 1.82) is 0 Å². The molecule has 1 aromatic heterocycles. The van der Waals surface area contributed by atoms with Crippen molar-refractivity contribution in [1.82, 2.24) is 19.8 Å². The van der Waals surface area contributed by atoms with Crippen LogP contribution in [0.25, 0.3) is 10.9 Å². The highest BCUT2D eigenvalue weighted by Gasteiger charge is 2.24. The number of anilines is 2. The summed E-state index contributed by atoms with van der Waals surface area (Å²) in [6.45, 7) is -0.540. The van der Waals surface area contributed by atoms with Crippen LogP contribution in [-0.2, 0) is 4.74 Å². The summed E-state index contributed by atoms with van der Waals surface area (Å²) < 4.78 is 76.0. The monoisotopic (exact) mass is 547 g/mol. The van der Waals surface area contributed by atoms with Crippen LogP contribution in [0.5, 0.6) is 23.0 Å². The van der Waals surface area contributed by atoms with E-state index in [2.05, 4.69) is 20.2 Å². The van der Waals surface area contributed by atoms with E-state index in [1.54, 1.807) is 18.2 Å². The first-order valence-corrected chi connectivity index (χ1v) is 12.9. The van der Waals surface area contributed by atoms with Crippen LogP contribution in [0, 0.1) is 0 Å². The molecular formula is C27H32ClN5O5. The molecule has 11 heteroatoms. The van der Waals surface area contributed by atoms with Gasteiger partial charge in [0.2, 0.25) is 6.75 Å². The van der Waals surface area contributed by atoms with Gasteiger partial charge in [0.1, 0.15) is 44.8 Å². The summed E-state index contributed by atoms with van der Waals surface area (Å²) in [7, 11) is 0. The highest BCUT2D eigenvalue weighted by atomic mass is 35.5. The fraction of sp³-hybridized carbons (Fsp3) is 0.481. The predicted octanol–water partition coefficient (Wildman–Crippen LogP) is 3.94. The molecule has 4 heterocycles. The average molecular weight is 548 g/mol. The van der Waals surface area contributed by atoms with Crippen LogP contribution in [0.3, 0.4) is 0 Å². The first kappa shape index (κ1) is 19.1. The molecule has 38 heavy (non-hydrogen) atoms. The van der Waals surface area contributed by atoms with Gasteiger partial charge in [-0.05, 0) is 19.1 Å². The van der Waals surface area contributed by atoms with Gasteiger partial charge in [-0.15, -0.1) is 0 Å². The lowest BCUT2D eigenvalue weighted by Crippen LogP contribution is -2.45. The van der Waals surface area contributed by atoms with E-state index in [4.69, 9.17) is 43.5 Å². The highest BCUT2D eigenvalue weighted by molar-refractivity contribution is 6.34. The minimum atomic E-state index is -2.36. The van der Waals surface area contributed by atoms with Crippen molar-refractivity contribution in [3.05, 3.63) is 35.6 Å². The molecular weight excluding hydrogens is 510 g/mol. The normalized spacial score (nSPS) is 23.4. The Kier molecular flexibility index (Phi) is 5.71. The van der Waals surface area contributed by atoms with Crippen LogP contribution in [0.4, 0.5) is 11.5 Å². The van der Waals surface area contributed by atoms with E-state index in [0.29, 0.717) is 93.6 Å². The minimum Gasteiger partial charge on any atom is -0.492 e. The topological polar surface area (TPSA) is 90.4 Å². The standard InChI is InChI=1S/C27H32ClN5O5/c1-32-6-8-33(9-7-32)10-13-35-19-14-21-24(23(15-19)38-18-4-11-34-12-5-18)27(30-16-29-21)31-25-20(28)2-3-22-26(25)37-17-36-22/h2-3,14-16,18H,4-13,17H2,1H3,(H,29,30,31)/i1D3,17D2,18D. The SMILES string of the molecule is [2H]C1(Oc2cc(OCCN3CCN(C([2H])([2H])[2H])CC3)cc3ncnc(Nc4c(Cl)ccc5c4OC([2H])([2H])O5)c23)CCOCC1. The van der Waals surface area contributed by atoms with Crippen LogP contribution in [-0.4, -0.2) is 92.1 Å². The maximum atomic E-state index is 8.95. The molecule has 3 aromatic rings. The van der Waals surface area contributed by atoms with Gasteiger partial charge in [0.05, 0.1) is 30.5 Å². The van der Waals surface area contributed by atoms with E-state index in [-0.39, 0.29) is 22.2 Å². The molecule has 202 valence electrons. The Hall–Kier alpha value is -3.05. The fourth-order valence-electron chi connectivity index (χ4n) is 4.57. The molecule has 0 aliphatic carbocycles. The predicted molar refractivity (Wildman–Crippen MR) is 144 cm³/mol. The van der Waals surface area contributed by atoms with Gasteiger partial charge in [-0.2, -0.15) is 0 Å². The Morgan fingerprint density at radius 1 is 1.18 bits per heavy atom. The van der Waals surface area contributed by atoms with Crippen molar-refractivity contribution in [2.75, 3.05) is 71.6 Å². The Morgan fingerprint density at radius 3 is 2.89 bits per heavy atom. The number of ether oxygens (including phenoxy) is 5. The average Bonchev–Trinajstić information content (AvgIpc) is 3.29. The van der Waals surface area contributed by atoms with Gasteiger partial charge in [0.25, 0.3) is 0 Å². The Morgan fingerprint density at radius 2 is 2.05 bits per heavy atom. The molecule has 0 atom stereocenters. The van der Waals surface area contributed by atoms with Crippen LogP contribution in [0.2, 0.25) is 5.02 Å². The number of rotatable bonds is 8.